The lowest BCUT2D eigenvalue weighted by Gasteiger charge is -2.49. The first-order chi connectivity index (χ1) is 11.7. The fraction of sp³-hybridized carbons (Fsp3) is 0.789. The molecule has 2 spiro atoms. The molecule has 3 fully saturated rings. The summed E-state index contributed by atoms with van der Waals surface area (Å²) in [6, 6.07) is 0. The van der Waals surface area contributed by atoms with Crippen molar-refractivity contribution in [2.75, 3.05) is 36.8 Å². The Hall–Kier alpha value is -1.36. The molecule has 1 aromatic heterocycles. The number of nitrogens with zero attached hydrogens (tertiary/aromatic N) is 3. The first-order valence-electron chi connectivity index (χ1n) is 9.82. The Kier molecular flexibility index (Phi) is 3.31. The van der Waals surface area contributed by atoms with Crippen LogP contribution in [0.1, 0.15) is 62.6 Å². The van der Waals surface area contributed by atoms with E-state index in [0.29, 0.717) is 16.8 Å². The van der Waals surface area contributed by atoms with Gasteiger partial charge in [-0.2, -0.15) is 4.98 Å². The minimum absolute atomic E-state index is 0.314. The van der Waals surface area contributed by atoms with Crippen LogP contribution in [0.15, 0.2) is 0 Å². The maximum Gasteiger partial charge on any atom is 0.222 e. The summed E-state index contributed by atoms with van der Waals surface area (Å²) in [6.45, 7) is 4.65. The van der Waals surface area contributed by atoms with Crippen LogP contribution in [0.2, 0.25) is 0 Å². The van der Waals surface area contributed by atoms with Crippen LogP contribution >= 0.6 is 0 Å². The second-order valence-corrected chi connectivity index (χ2v) is 8.66. The molecule has 0 unspecified atom stereocenters. The highest BCUT2D eigenvalue weighted by Gasteiger charge is 2.44. The number of anilines is 2. The minimum Gasteiger partial charge on any atom is -0.368 e. The Morgan fingerprint density at radius 1 is 0.917 bits per heavy atom. The largest absolute Gasteiger partial charge is 0.368 e. The van der Waals surface area contributed by atoms with Crippen molar-refractivity contribution in [2.24, 2.45) is 5.41 Å². The molecule has 2 aliphatic carbocycles. The van der Waals surface area contributed by atoms with Crippen LogP contribution in [-0.2, 0) is 11.8 Å². The number of aromatic nitrogens is 2. The van der Waals surface area contributed by atoms with E-state index in [1.165, 1.54) is 81.5 Å². The van der Waals surface area contributed by atoms with E-state index in [4.69, 9.17) is 15.7 Å². The van der Waals surface area contributed by atoms with Gasteiger partial charge < -0.3 is 16.0 Å². The number of nitrogens with two attached hydrogens (primary N) is 1. The van der Waals surface area contributed by atoms with Crippen LogP contribution in [0.3, 0.4) is 0 Å². The molecule has 1 aromatic rings. The lowest BCUT2D eigenvalue weighted by Crippen LogP contribution is -2.58. The molecule has 0 radical (unpaired) electrons. The zero-order valence-corrected chi connectivity index (χ0v) is 14.6. The zero-order chi connectivity index (χ0) is 16.2. The molecule has 0 atom stereocenters. The van der Waals surface area contributed by atoms with Crippen LogP contribution in [0, 0.1) is 5.41 Å². The van der Waals surface area contributed by atoms with E-state index in [1.54, 1.807) is 0 Å². The molecule has 3 N–H and O–H groups in total. The van der Waals surface area contributed by atoms with Crippen molar-refractivity contribution >= 4 is 11.8 Å². The van der Waals surface area contributed by atoms with E-state index in [1.807, 2.05) is 0 Å². The smallest absolute Gasteiger partial charge is 0.222 e. The van der Waals surface area contributed by atoms with Gasteiger partial charge in [0.1, 0.15) is 5.82 Å². The maximum absolute atomic E-state index is 6.17. The highest BCUT2D eigenvalue weighted by molar-refractivity contribution is 5.55. The van der Waals surface area contributed by atoms with Crippen molar-refractivity contribution in [1.82, 2.24) is 15.3 Å². The topological polar surface area (TPSA) is 67.1 Å². The van der Waals surface area contributed by atoms with Crippen molar-refractivity contribution in [3.63, 3.8) is 0 Å². The van der Waals surface area contributed by atoms with Crippen LogP contribution < -0.4 is 16.0 Å². The number of nitrogens with one attached hydrogen (secondary N) is 1. The van der Waals surface area contributed by atoms with E-state index < -0.39 is 0 Å². The quantitative estimate of drug-likeness (QED) is 0.829. The third-order valence-electron chi connectivity index (χ3n) is 7.27. The first kappa shape index (κ1) is 14.9. The minimum atomic E-state index is 0.314. The lowest BCUT2D eigenvalue weighted by molar-refractivity contribution is 0.126. The molecule has 2 aliphatic heterocycles. The normalized spacial score (nSPS) is 27.2. The number of hydrogen-bond donors (Lipinski definition) is 2. The summed E-state index contributed by atoms with van der Waals surface area (Å²) in [5.74, 6) is 1.66. The molecule has 1 saturated carbocycles. The molecule has 5 nitrogen and oxygen atoms in total. The molecule has 0 bridgehead atoms. The van der Waals surface area contributed by atoms with Crippen molar-refractivity contribution in [2.45, 2.75) is 63.2 Å². The predicted molar refractivity (Wildman–Crippen MR) is 96.3 cm³/mol. The third-order valence-corrected chi connectivity index (χ3v) is 7.27. The average molecular weight is 327 g/mol. The number of nitrogen functional groups attached to an aromatic ring is 1. The highest BCUT2D eigenvalue weighted by atomic mass is 15.2. The van der Waals surface area contributed by atoms with Crippen molar-refractivity contribution in [3.05, 3.63) is 11.3 Å². The van der Waals surface area contributed by atoms with Crippen molar-refractivity contribution < 1.29 is 0 Å². The second-order valence-electron chi connectivity index (χ2n) is 8.66. The van der Waals surface area contributed by atoms with E-state index in [0.717, 1.165) is 19.5 Å². The summed E-state index contributed by atoms with van der Waals surface area (Å²) in [5.41, 5.74) is 9.81. The molecule has 5 heteroatoms. The van der Waals surface area contributed by atoms with Gasteiger partial charge in [0, 0.05) is 37.2 Å². The lowest BCUT2D eigenvalue weighted by atomic mass is 9.71. The fourth-order valence-electron chi connectivity index (χ4n) is 5.70. The van der Waals surface area contributed by atoms with E-state index >= 15 is 0 Å². The van der Waals surface area contributed by atoms with Gasteiger partial charge in [0.25, 0.3) is 0 Å². The van der Waals surface area contributed by atoms with Gasteiger partial charge in [-0.15, -0.1) is 0 Å². The van der Waals surface area contributed by atoms with Gasteiger partial charge in [0.05, 0.1) is 5.69 Å². The van der Waals surface area contributed by atoms with Crippen molar-refractivity contribution in [1.29, 1.82) is 0 Å². The SMILES string of the molecule is Nc1nc(N2CCC3(CC2)CNC3)c2c(n1)C1(CCCC1)CCC2. The van der Waals surface area contributed by atoms with E-state index in [-0.39, 0.29) is 0 Å². The van der Waals surface area contributed by atoms with Gasteiger partial charge in [-0.1, -0.05) is 12.8 Å². The Labute approximate surface area is 144 Å². The van der Waals surface area contributed by atoms with Crippen molar-refractivity contribution in [3.8, 4) is 0 Å². The monoisotopic (exact) mass is 327 g/mol. The Morgan fingerprint density at radius 3 is 2.29 bits per heavy atom. The molecule has 5 rings (SSSR count). The van der Waals surface area contributed by atoms with E-state index in [9.17, 15) is 0 Å². The molecule has 24 heavy (non-hydrogen) atoms. The summed E-state index contributed by atoms with van der Waals surface area (Å²) < 4.78 is 0. The van der Waals surface area contributed by atoms with Gasteiger partial charge >= 0.3 is 0 Å². The number of rotatable bonds is 1. The standard InChI is InChI=1S/C19H29N5/c20-17-22-15-14(4-3-7-19(15)5-1-2-6-19)16(23-17)24-10-8-18(9-11-24)12-21-13-18/h21H,1-13H2,(H2,20,22,23). The summed E-state index contributed by atoms with van der Waals surface area (Å²) in [7, 11) is 0. The Morgan fingerprint density at radius 2 is 1.62 bits per heavy atom. The van der Waals surface area contributed by atoms with Gasteiger partial charge in [0.2, 0.25) is 5.95 Å². The molecular formula is C19H29N5. The van der Waals surface area contributed by atoms with Gasteiger partial charge in [0.15, 0.2) is 0 Å². The van der Waals surface area contributed by atoms with Gasteiger partial charge in [-0.3, -0.25) is 0 Å². The Balaban J connectivity index is 1.49. The number of piperidine rings is 1. The van der Waals surface area contributed by atoms with E-state index in [2.05, 4.69) is 10.2 Å². The van der Waals surface area contributed by atoms with Crippen LogP contribution in [0.25, 0.3) is 0 Å². The fourth-order valence-corrected chi connectivity index (χ4v) is 5.70. The highest BCUT2D eigenvalue weighted by Crippen LogP contribution is 2.50. The second kappa shape index (κ2) is 5.32. The summed E-state index contributed by atoms with van der Waals surface area (Å²) in [4.78, 5) is 12.0. The molecular weight excluding hydrogens is 298 g/mol. The molecule has 4 aliphatic rings. The molecule has 3 heterocycles. The summed E-state index contributed by atoms with van der Waals surface area (Å²) in [5, 5.41) is 3.45. The third kappa shape index (κ3) is 2.17. The van der Waals surface area contributed by atoms with Gasteiger partial charge in [-0.05, 0) is 50.4 Å². The van der Waals surface area contributed by atoms with Crippen LogP contribution in [-0.4, -0.2) is 36.1 Å². The van der Waals surface area contributed by atoms with Gasteiger partial charge in [-0.25, -0.2) is 4.98 Å². The molecule has 0 amide bonds. The Bertz CT molecular complexity index is 635. The number of fused-ring (bicyclic) bond motifs is 2. The zero-order valence-electron chi connectivity index (χ0n) is 14.6. The maximum atomic E-state index is 6.17. The molecule has 130 valence electrons. The van der Waals surface area contributed by atoms with Crippen LogP contribution in [0.4, 0.5) is 11.8 Å². The summed E-state index contributed by atoms with van der Waals surface area (Å²) in [6.07, 6.45) is 11.6. The number of hydrogen-bond acceptors (Lipinski definition) is 5. The van der Waals surface area contributed by atoms with Crippen LogP contribution in [0.5, 0.6) is 0 Å². The molecule has 2 saturated heterocycles. The summed E-state index contributed by atoms with van der Waals surface area (Å²) >= 11 is 0. The average Bonchev–Trinajstić information content (AvgIpc) is 3.03. The first-order valence-corrected chi connectivity index (χ1v) is 9.82. The predicted octanol–water partition coefficient (Wildman–Crippen LogP) is 2.40. The molecule has 0 aromatic carbocycles.